The lowest BCUT2D eigenvalue weighted by molar-refractivity contribution is 0.102. The van der Waals surface area contributed by atoms with Crippen LogP contribution in [0, 0.1) is 11.6 Å². The van der Waals surface area contributed by atoms with Crippen molar-refractivity contribution in [2.75, 3.05) is 17.8 Å². The maximum absolute atomic E-state index is 14.4. The number of benzene rings is 1. The Kier molecular flexibility index (Phi) is 5.19. The Bertz CT molecular complexity index is 796. The molecule has 0 spiro atoms. The molecular weight excluding hydrogens is 347 g/mol. The highest BCUT2D eigenvalue weighted by molar-refractivity contribution is 7.90. The third-order valence-electron chi connectivity index (χ3n) is 3.60. The molecule has 2 rings (SSSR count). The van der Waals surface area contributed by atoms with E-state index in [-0.39, 0.29) is 25.1 Å². The first-order valence-corrected chi connectivity index (χ1v) is 8.44. The van der Waals surface area contributed by atoms with E-state index in [0.717, 1.165) is 22.6 Å². The first-order chi connectivity index (χ1) is 11.2. The average Bonchev–Trinajstić information content (AvgIpc) is 2.96. The average molecular weight is 363 g/mol. The van der Waals surface area contributed by atoms with Crippen molar-refractivity contribution in [2.45, 2.75) is 19.5 Å². The largest absolute Gasteiger partial charge is 0.404 e. The first kappa shape index (κ1) is 18.3. The highest BCUT2D eigenvalue weighted by Gasteiger charge is 2.32. The number of halogens is 3. The number of ketones is 1. The second kappa shape index (κ2) is 6.81. The maximum atomic E-state index is 14.4. The van der Waals surface area contributed by atoms with Gasteiger partial charge in [0.2, 0.25) is 0 Å². The number of nitrogens with one attached hydrogen (secondary N) is 1. The predicted molar refractivity (Wildman–Crippen MR) is 82.3 cm³/mol. The second-order valence-electron chi connectivity index (χ2n) is 5.31. The molecule has 6 nitrogen and oxygen atoms in total. The topological polar surface area (TPSA) is 92.5 Å². The van der Waals surface area contributed by atoms with Crippen molar-refractivity contribution in [3.8, 4) is 0 Å². The molecule has 1 aliphatic rings. The van der Waals surface area contributed by atoms with E-state index in [1.807, 2.05) is 4.72 Å². The van der Waals surface area contributed by atoms with Crippen molar-refractivity contribution < 1.29 is 26.4 Å². The number of rotatable bonds is 5. The van der Waals surface area contributed by atoms with Gasteiger partial charge in [-0.3, -0.25) is 9.52 Å². The molecule has 0 aromatic heterocycles. The van der Waals surface area contributed by atoms with Crippen molar-refractivity contribution in [1.29, 1.82) is 0 Å². The summed E-state index contributed by atoms with van der Waals surface area (Å²) in [6, 6.07) is 1.61. The van der Waals surface area contributed by atoms with Crippen LogP contribution >= 0.6 is 0 Å². The molecule has 10 heteroatoms. The van der Waals surface area contributed by atoms with Crippen LogP contribution in [-0.2, 0) is 10.2 Å². The van der Waals surface area contributed by atoms with E-state index in [1.54, 1.807) is 0 Å². The summed E-state index contributed by atoms with van der Waals surface area (Å²) in [6.45, 7) is 0.864. The summed E-state index contributed by atoms with van der Waals surface area (Å²) in [4.78, 5) is 12.0. The lowest BCUT2D eigenvalue weighted by Gasteiger charge is -2.18. The van der Waals surface area contributed by atoms with E-state index in [1.165, 1.54) is 6.92 Å². The van der Waals surface area contributed by atoms with Crippen LogP contribution in [0.3, 0.4) is 0 Å². The van der Waals surface area contributed by atoms with Crippen LogP contribution in [0.5, 0.6) is 0 Å². The van der Waals surface area contributed by atoms with Gasteiger partial charge in [0.05, 0.1) is 11.3 Å². The quantitative estimate of drug-likeness (QED) is 0.615. The minimum atomic E-state index is -4.22. The molecule has 1 aromatic rings. The first-order valence-electron chi connectivity index (χ1n) is 7.00. The van der Waals surface area contributed by atoms with Crippen LogP contribution < -0.4 is 10.5 Å². The number of nitrogens with zero attached hydrogens (tertiary/aromatic N) is 1. The Labute approximate surface area is 137 Å². The Morgan fingerprint density at radius 2 is 2.08 bits per heavy atom. The minimum Gasteiger partial charge on any atom is -0.404 e. The number of carbonyl (C=O) groups excluding carboxylic acids is 1. The van der Waals surface area contributed by atoms with Crippen LogP contribution in [-0.4, -0.2) is 37.8 Å². The zero-order valence-electron chi connectivity index (χ0n) is 12.7. The molecule has 1 aliphatic heterocycles. The molecular formula is C14H16F3N3O3S. The molecule has 132 valence electrons. The van der Waals surface area contributed by atoms with Gasteiger partial charge in [0, 0.05) is 24.9 Å². The molecule has 0 aliphatic carbocycles. The van der Waals surface area contributed by atoms with Gasteiger partial charge in [-0.2, -0.15) is 12.7 Å². The zero-order valence-corrected chi connectivity index (χ0v) is 13.5. The molecule has 1 atom stereocenters. The lowest BCUT2D eigenvalue weighted by atomic mass is 10.0. The number of allylic oxidation sites excluding steroid dienone is 1. The molecule has 0 saturated carbocycles. The molecule has 1 fully saturated rings. The number of hydrogen-bond donors (Lipinski definition) is 2. The molecule has 1 heterocycles. The summed E-state index contributed by atoms with van der Waals surface area (Å²) in [5.74, 6) is -3.51. The van der Waals surface area contributed by atoms with Gasteiger partial charge in [-0.15, -0.1) is 0 Å². The summed E-state index contributed by atoms with van der Waals surface area (Å²) >= 11 is 0. The van der Waals surface area contributed by atoms with Crippen LogP contribution in [0.25, 0.3) is 0 Å². The summed E-state index contributed by atoms with van der Waals surface area (Å²) in [6.07, 6.45) is -0.366. The van der Waals surface area contributed by atoms with E-state index in [0.29, 0.717) is 0 Å². The van der Waals surface area contributed by atoms with Crippen LogP contribution in [0.2, 0.25) is 0 Å². The fraction of sp³-hybridized carbons (Fsp3) is 0.357. The van der Waals surface area contributed by atoms with Crippen molar-refractivity contribution in [3.05, 3.63) is 41.1 Å². The van der Waals surface area contributed by atoms with Gasteiger partial charge in [0.25, 0.3) is 0 Å². The van der Waals surface area contributed by atoms with E-state index >= 15 is 0 Å². The Balaban J connectivity index is 2.37. The Morgan fingerprint density at radius 1 is 1.42 bits per heavy atom. The fourth-order valence-electron chi connectivity index (χ4n) is 2.22. The summed E-state index contributed by atoms with van der Waals surface area (Å²) in [7, 11) is -4.22. The highest BCUT2D eigenvalue weighted by atomic mass is 32.2. The second-order valence-corrected chi connectivity index (χ2v) is 6.98. The molecule has 1 saturated heterocycles. The van der Waals surface area contributed by atoms with Crippen molar-refractivity contribution in [3.63, 3.8) is 0 Å². The van der Waals surface area contributed by atoms with E-state index in [9.17, 15) is 26.4 Å². The van der Waals surface area contributed by atoms with Crippen LogP contribution in [0.15, 0.2) is 23.9 Å². The molecule has 3 N–H and O–H groups in total. The summed E-state index contributed by atoms with van der Waals surface area (Å²) in [5, 5.41) is 0. The van der Waals surface area contributed by atoms with Gasteiger partial charge in [-0.1, -0.05) is 0 Å². The van der Waals surface area contributed by atoms with Gasteiger partial charge < -0.3 is 5.73 Å². The van der Waals surface area contributed by atoms with Gasteiger partial charge in [0.15, 0.2) is 11.6 Å². The monoisotopic (exact) mass is 363 g/mol. The van der Waals surface area contributed by atoms with Crippen molar-refractivity contribution in [1.82, 2.24) is 4.31 Å². The van der Waals surface area contributed by atoms with Gasteiger partial charge >= 0.3 is 10.2 Å². The number of Topliss-reactive ketones (excluding diaryl/α,β-unsaturated/α-hetero) is 1. The van der Waals surface area contributed by atoms with Crippen molar-refractivity contribution >= 4 is 21.7 Å². The van der Waals surface area contributed by atoms with E-state index in [4.69, 9.17) is 5.73 Å². The van der Waals surface area contributed by atoms with Gasteiger partial charge in [0.1, 0.15) is 12.0 Å². The lowest BCUT2D eigenvalue weighted by Crippen LogP contribution is -2.34. The number of nitrogens with two attached hydrogens (primary N) is 1. The van der Waals surface area contributed by atoms with Crippen molar-refractivity contribution in [2.24, 2.45) is 5.73 Å². The maximum Gasteiger partial charge on any atom is 0.301 e. The summed E-state index contributed by atoms with van der Waals surface area (Å²) in [5.41, 5.74) is 3.54. The molecule has 0 unspecified atom stereocenters. The van der Waals surface area contributed by atoms with Gasteiger partial charge in [-0.25, -0.2) is 13.2 Å². The fourth-order valence-corrected chi connectivity index (χ4v) is 3.49. The third kappa shape index (κ3) is 3.54. The van der Waals surface area contributed by atoms with E-state index in [2.05, 4.69) is 0 Å². The van der Waals surface area contributed by atoms with E-state index < -0.39 is 45.0 Å². The molecule has 0 radical (unpaired) electrons. The molecule has 0 bridgehead atoms. The smallest absolute Gasteiger partial charge is 0.301 e. The normalized spacial score (nSPS) is 19.5. The zero-order chi connectivity index (χ0) is 18.1. The number of hydrogen-bond acceptors (Lipinski definition) is 4. The highest BCUT2D eigenvalue weighted by Crippen LogP contribution is 2.26. The molecule has 0 amide bonds. The molecule has 24 heavy (non-hydrogen) atoms. The Morgan fingerprint density at radius 3 is 2.62 bits per heavy atom. The van der Waals surface area contributed by atoms with Gasteiger partial charge in [-0.05, 0) is 25.5 Å². The van der Waals surface area contributed by atoms with Crippen LogP contribution in [0.1, 0.15) is 23.7 Å². The standard InChI is InChI=1S/C14H16F3N3O3S/c1-8(6-18)14(21)12-10(16)2-3-11(13(12)17)19-24(22,23)20-5-4-9(15)7-20/h2-3,6,9,19H,4-5,7,18H2,1H3/b8-6+/t9-/m1/s1. The number of alkyl halides is 1. The SMILES string of the molecule is C/C(=C\N)C(=O)c1c(F)ccc(NS(=O)(=O)N2CC[C@@H](F)C2)c1F. The predicted octanol–water partition coefficient (Wildman–Crippen LogP) is 1.71. The van der Waals surface area contributed by atoms with Crippen LogP contribution in [0.4, 0.5) is 18.9 Å². The minimum absolute atomic E-state index is 0.0387. The third-order valence-corrected chi connectivity index (χ3v) is 5.09. The molecule has 1 aromatic carbocycles. The summed E-state index contributed by atoms with van der Waals surface area (Å²) < 4.78 is 68.4. The number of anilines is 1. The Hall–Kier alpha value is -2.07. The number of carbonyl (C=O) groups is 1.